The van der Waals surface area contributed by atoms with E-state index in [4.69, 9.17) is 11.6 Å². The molecule has 0 spiro atoms. The summed E-state index contributed by atoms with van der Waals surface area (Å²) in [6.07, 6.45) is 11.2. The molecule has 6 heteroatoms. The number of hydrogen-bond donors (Lipinski definition) is 3. The van der Waals surface area contributed by atoms with Gasteiger partial charge in [0, 0.05) is 17.8 Å². The number of hydrogen-bond acceptors (Lipinski definition) is 2. The highest BCUT2D eigenvalue weighted by atomic mass is 35.5. The summed E-state index contributed by atoms with van der Waals surface area (Å²) in [7, 11) is 0. The quantitative estimate of drug-likeness (QED) is 0.701. The molecule has 3 amide bonds. The Labute approximate surface area is 160 Å². The van der Waals surface area contributed by atoms with Crippen LogP contribution >= 0.6 is 11.6 Å². The molecule has 0 heterocycles. The van der Waals surface area contributed by atoms with E-state index in [0.29, 0.717) is 16.3 Å². The van der Waals surface area contributed by atoms with E-state index in [9.17, 15) is 9.59 Å². The molecular formula is C20H28ClN3O2. The lowest BCUT2D eigenvalue weighted by Crippen LogP contribution is -2.39. The summed E-state index contributed by atoms with van der Waals surface area (Å²) in [5, 5.41) is 9.31. The van der Waals surface area contributed by atoms with E-state index in [1.807, 2.05) is 0 Å². The fourth-order valence-corrected chi connectivity index (χ4v) is 4.09. The lowest BCUT2D eigenvalue weighted by molar-refractivity contribution is 0.0928. The van der Waals surface area contributed by atoms with Gasteiger partial charge in [0.1, 0.15) is 0 Å². The Morgan fingerprint density at radius 3 is 2.04 bits per heavy atom. The van der Waals surface area contributed by atoms with Gasteiger partial charge in [-0.3, -0.25) is 4.79 Å². The van der Waals surface area contributed by atoms with Gasteiger partial charge < -0.3 is 16.0 Å². The van der Waals surface area contributed by atoms with Gasteiger partial charge in [-0.25, -0.2) is 4.79 Å². The monoisotopic (exact) mass is 377 g/mol. The van der Waals surface area contributed by atoms with Crippen molar-refractivity contribution in [1.29, 1.82) is 0 Å². The van der Waals surface area contributed by atoms with Gasteiger partial charge in [-0.1, -0.05) is 50.1 Å². The minimum atomic E-state index is -0.224. The number of benzene rings is 1. The first kappa shape index (κ1) is 19.0. The van der Waals surface area contributed by atoms with Crippen molar-refractivity contribution in [3.63, 3.8) is 0 Å². The van der Waals surface area contributed by atoms with Crippen LogP contribution in [0.15, 0.2) is 18.2 Å². The Kier molecular flexibility index (Phi) is 6.78. The predicted octanol–water partition coefficient (Wildman–Crippen LogP) is 4.86. The minimum Gasteiger partial charge on any atom is -0.349 e. The SMILES string of the molecule is O=C(Nc1ccc(Cl)c(C(=O)NC2CCCCC2)c1)NC1CCCCC1. The Hall–Kier alpha value is -1.75. The summed E-state index contributed by atoms with van der Waals surface area (Å²) in [5.41, 5.74) is 0.990. The number of urea groups is 1. The third-order valence-corrected chi connectivity index (χ3v) is 5.68. The Morgan fingerprint density at radius 2 is 1.42 bits per heavy atom. The molecule has 1 aromatic rings. The molecule has 2 saturated carbocycles. The van der Waals surface area contributed by atoms with Crippen LogP contribution in [0.3, 0.4) is 0 Å². The Morgan fingerprint density at radius 1 is 0.846 bits per heavy atom. The molecule has 2 aliphatic carbocycles. The largest absolute Gasteiger partial charge is 0.349 e. The zero-order valence-corrected chi connectivity index (χ0v) is 15.9. The van der Waals surface area contributed by atoms with Crippen molar-refractivity contribution in [2.75, 3.05) is 5.32 Å². The maximum Gasteiger partial charge on any atom is 0.319 e. The number of carbonyl (C=O) groups is 2. The van der Waals surface area contributed by atoms with E-state index >= 15 is 0 Å². The number of rotatable bonds is 4. The normalized spacial score (nSPS) is 19.0. The summed E-state index contributed by atoms with van der Waals surface area (Å²) in [5.74, 6) is -0.168. The van der Waals surface area contributed by atoms with E-state index in [2.05, 4.69) is 16.0 Å². The Balaban J connectivity index is 1.59. The van der Waals surface area contributed by atoms with Crippen LogP contribution in [0.1, 0.15) is 74.6 Å². The number of carbonyl (C=O) groups excluding carboxylic acids is 2. The van der Waals surface area contributed by atoms with Gasteiger partial charge in [0.2, 0.25) is 0 Å². The zero-order valence-electron chi connectivity index (χ0n) is 15.2. The van der Waals surface area contributed by atoms with Crippen molar-refractivity contribution in [1.82, 2.24) is 10.6 Å². The molecule has 0 unspecified atom stereocenters. The maximum absolute atomic E-state index is 12.6. The average molecular weight is 378 g/mol. The highest BCUT2D eigenvalue weighted by Gasteiger charge is 2.19. The third-order valence-electron chi connectivity index (χ3n) is 5.35. The minimum absolute atomic E-state index is 0.168. The summed E-state index contributed by atoms with van der Waals surface area (Å²) in [6.45, 7) is 0. The van der Waals surface area contributed by atoms with Crippen LogP contribution in [0, 0.1) is 0 Å². The van der Waals surface area contributed by atoms with Gasteiger partial charge in [-0.2, -0.15) is 0 Å². The molecule has 2 aliphatic rings. The maximum atomic E-state index is 12.6. The standard InChI is InChI=1S/C20H28ClN3O2/c21-18-12-11-16(24-20(26)23-15-9-5-2-6-10-15)13-17(18)19(25)22-14-7-3-1-4-8-14/h11-15H,1-10H2,(H,22,25)(H2,23,24,26). The molecule has 0 saturated heterocycles. The molecule has 0 aliphatic heterocycles. The second-order valence-corrected chi connectivity index (χ2v) is 7.84. The molecule has 26 heavy (non-hydrogen) atoms. The second-order valence-electron chi connectivity index (χ2n) is 7.44. The Bertz CT molecular complexity index is 638. The summed E-state index contributed by atoms with van der Waals surface area (Å²) in [6, 6.07) is 5.27. The van der Waals surface area contributed by atoms with Crippen molar-refractivity contribution < 1.29 is 9.59 Å². The fraction of sp³-hybridized carbons (Fsp3) is 0.600. The molecule has 142 valence electrons. The van der Waals surface area contributed by atoms with E-state index in [-0.39, 0.29) is 24.0 Å². The van der Waals surface area contributed by atoms with Crippen LogP contribution in [-0.2, 0) is 0 Å². The van der Waals surface area contributed by atoms with Crippen molar-refractivity contribution >= 4 is 29.2 Å². The molecule has 0 radical (unpaired) electrons. The van der Waals surface area contributed by atoms with E-state index < -0.39 is 0 Å². The van der Waals surface area contributed by atoms with Crippen LogP contribution in [-0.4, -0.2) is 24.0 Å². The van der Waals surface area contributed by atoms with Gasteiger partial charge in [0.25, 0.3) is 5.91 Å². The van der Waals surface area contributed by atoms with Gasteiger partial charge in [0.15, 0.2) is 0 Å². The first-order chi connectivity index (χ1) is 12.6. The summed E-state index contributed by atoms with van der Waals surface area (Å²) >= 11 is 6.21. The number of nitrogens with one attached hydrogen (secondary N) is 3. The van der Waals surface area contributed by atoms with Crippen molar-refractivity contribution in [2.45, 2.75) is 76.3 Å². The molecule has 1 aromatic carbocycles. The second kappa shape index (κ2) is 9.26. The number of halogens is 1. The van der Waals surface area contributed by atoms with Gasteiger partial charge in [0.05, 0.1) is 10.6 Å². The molecule has 0 bridgehead atoms. The fourth-order valence-electron chi connectivity index (χ4n) is 3.89. The van der Waals surface area contributed by atoms with Crippen LogP contribution in [0.25, 0.3) is 0 Å². The zero-order chi connectivity index (χ0) is 18.4. The topological polar surface area (TPSA) is 70.2 Å². The lowest BCUT2D eigenvalue weighted by Gasteiger charge is -2.23. The van der Waals surface area contributed by atoms with Crippen LogP contribution in [0.5, 0.6) is 0 Å². The number of anilines is 1. The molecule has 5 nitrogen and oxygen atoms in total. The molecule has 0 atom stereocenters. The smallest absolute Gasteiger partial charge is 0.319 e. The first-order valence-corrected chi connectivity index (χ1v) is 10.2. The molecule has 2 fully saturated rings. The van der Waals surface area contributed by atoms with E-state index in [1.54, 1.807) is 18.2 Å². The molecule has 0 aromatic heterocycles. The van der Waals surface area contributed by atoms with Crippen molar-refractivity contribution in [3.05, 3.63) is 28.8 Å². The van der Waals surface area contributed by atoms with E-state index in [1.165, 1.54) is 12.8 Å². The van der Waals surface area contributed by atoms with Crippen molar-refractivity contribution in [2.24, 2.45) is 0 Å². The summed E-state index contributed by atoms with van der Waals surface area (Å²) < 4.78 is 0. The number of amides is 3. The highest BCUT2D eigenvalue weighted by molar-refractivity contribution is 6.34. The molecular weight excluding hydrogens is 350 g/mol. The van der Waals surface area contributed by atoms with Gasteiger partial charge >= 0.3 is 6.03 Å². The predicted molar refractivity (Wildman–Crippen MR) is 105 cm³/mol. The van der Waals surface area contributed by atoms with Gasteiger partial charge in [-0.15, -0.1) is 0 Å². The molecule has 3 rings (SSSR count). The van der Waals surface area contributed by atoms with Crippen molar-refractivity contribution in [3.8, 4) is 0 Å². The van der Waals surface area contributed by atoms with Crippen LogP contribution in [0.4, 0.5) is 10.5 Å². The highest BCUT2D eigenvalue weighted by Crippen LogP contribution is 2.23. The summed E-state index contributed by atoms with van der Waals surface area (Å²) in [4.78, 5) is 24.8. The lowest BCUT2D eigenvalue weighted by atomic mass is 9.95. The van der Waals surface area contributed by atoms with E-state index in [0.717, 1.165) is 51.4 Å². The van der Waals surface area contributed by atoms with Gasteiger partial charge in [-0.05, 0) is 43.9 Å². The third kappa shape index (κ3) is 5.37. The van der Waals surface area contributed by atoms with Crippen LogP contribution in [0.2, 0.25) is 5.02 Å². The van der Waals surface area contributed by atoms with Crippen LogP contribution < -0.4 is 16.0 Å². The average Bonchev–Trinajstić information content (AvgIpc) is 2.65. The first-order valence-electron chi connectivity index (χ1n) is 9.80. The molecule has 3 N–H and O–H groups in total.